The van der Waals surface area contributed by atoms with E-state index in [1.165, 1.54) is 10.4 Å². The minimum Gasteiger partial charge on any atom is -0.493 e. The predicted octanol–water partition coefficient (Wildman–Crippen LogP) is 4.21. The zero-order chi connectivity index (χ0) is 21.5. The monoisotopic (exact) mass is 556 g/mol. The lowest BCUT2D eigenvalue weighted by Crippen LogP contribution is -2.46. The van der Waals surface area contributed by atoms with Crippen LogP contribution in [0.25, 0.3) is 0 Å². The molecule has 0 bridgehead atoms. The molecule has 3 rings (SSSR count). The minimum atomic E-state index is 0. The maximum Gasteiger partial charge on any atom is 0.242 e. The molecule has 0 saturated heterocycles. The first-order valence-corrected chi connectivity index (χ1v) is 11.4. The first-order valence-electron chi connectivity index (χ1n) is 10.5. The van der Waals surface area contributed by atoms with Crippen LogP contribution in [0.2, 0.25) is 0 Å². The van der Waals surface area contributed by atoms with Gasteiger partial charge in [-0.3, -0.25) is 9.79 Å². The predicted molar refractivity (Wildman–Crippen MR) is 139 cm³/mol. The van der Waals surface area contributed by atoms with Crippen LogP contribution >= 0.6 is 35.3 Å². The normalized spacial score (nSPS) is 14.5. The highest BCUT2D eigenvalue weighted by Crippen LogP contribution is 2.24. The van der Waals surface area contributed by atoms with Gasteiger partial charge in [-0.05, 0) is 54.0 Å². The summed E-state index contributed by atoms with van der Waals surface area (Å²) >= 11 is 1.78. The fourth-order valence-corrected chi connectivity index (χ4v) is 4.22. The maximum absolute atomic E-state index is 12.6. The van der Waals surface area contributed by atoms with E-state index in [9.17, 15) is 4.79 Å². The van der Waals surface area contributed by atoms with Crippen LogP contribution < -0.4 is 15.4 Å². The van der Waals surface area contributed by atoms with Crippen molar-refractivity contribution in [2.75, 3.05) is 26.7 Å². The molecule has 31 heavy (non-hydrogen) atoms. The van der Waals surface area contributed by atoms with E-state index in [2.05, 4.69) is 60.0 Å². The van der Waals surface area contributed by atoms with Gasteiger partial charge in [0.25, 0.3) is 0 Å². The number of ether oxygens (including phenoxy) is 1. The van der Waals surface area contributed by atoms with E-state index in [4.69, 9.17) is 4.74 Å². The number of halogens is 1. The molecule has 2 N–H and O–H groups in total. The Balaban J connectivity index is 0.00000341. The highest BCUT2D eigenvalue weighted by molar-refractivity contribution is 14.0. The molecule has 2 aromatic rings. The van der Waals surface area contributed by atoms with Gasteiger partial charge in [0.05, 0.1) is 19.2 Å². The Labute approximate surface area is 206 Å². The summed E-state index contributed by atoms with van der Waals surface area (Å²) in [5, 5.41) is 8.61. The van der Waals surface area contributed by atoms with Gasteiger partial charge in [-0.25, -0.2) is 0 Å². The summed E-state index contributed by atoms with van der Waals surface area (Å²) in [6.45, 7) is 8.76. The first-order chi connectivity index (χ1) is 14.5. The Morgan fingerprint density at radius 1 is 1.23 bits per heavy atom. The number of nitrogens with one attached hydrogen (secondary N) is 2. The van der Waals surface area contributed by atoms with Crippen molar-refractivity contribution in [1.82, 2.24) is 15.5 Å². The molecular weight excluding hydrogens is 523 g/mol. The third kappa shape index (κ3) is 7.38. The van der Waals surface area contributed by atoms with Gasteiger partial charge in [0.1, 0.15) is 5.75 Å². The molecule has 8 heteroatoms. The summed E-state index contributed by atoms with van der Waals surface area (Å²) in [7, 11) is 1.72. The molecular formula is C23H33IN4O2S. The van der Waals surface area contributed by atoms with E-state index < -0.39 is 0 Å². The van der Waals surface area contributed by atoms with Crippen molar-refractivity contribution in [3.63, 3.8) is 0 Å². The van der Waals surface area contributed by atoms with Crippen molar-refractivity contribution in [3.8, 4) is 5.75 Å². The third-order valence-corrected chi connectivity index (χ3v) is 6.13. The number of carbonyl (C=O) groups is 1. The van der Waals surface area contributed by atoms with Crippen molar-refractivity contribution in [3.05, 3.63) is 51.7 Å². The van der Waals surface area contributed by atoms with Crippen LogP contribution in [0, 0.1) is 5.92 Å². The molecule has 1 aliphatic rings. The van der Waals surface area contributed by atoms with Crippen LogP contribution in [-0.2, 0) is 17.8 Å². The molecule has 6 nitrogen and oxygen atoms in total. The number of fused-ring (bicyclic) bond motifs is 1. The van der Waals surface area contributed by atoms with E-state index >= 15 is 0 Å². The molecule has 1 aliphatic heterocycles. The lowest BCUT2D eigenvalue weighted by Gasteiger charge is -2.27. The molecule has 0 saturated carbocycles. The van der Waals surface area contributed by atoms with Crippen LogP contribution in [0.4, 0.5) is 0 Å². The van der Waals surface area contributed by atoms with Crippen LogP contribution in [-0.4, -0.2) is 43.5 Å². The molecule has 1 atom stereocenters. The Kier molecular flexibility index (Phi) is 10.1. The third-order valence-electron chi connectivity index (χ3n) is 5.11. The Hall–Kier alpha value is -1.81. The molecule has 2 heterocycles. The van der Waals surface area contributed by atoms with Gasteiger partial charge < -0.3 is 20.3 Å². The molecule has 0 fully saturated rings. The van der Waals surface area contributed by atoms with Gasteiger partial charge in [0.15, 0.2) is 5.96 Å². The number of hydrogen-bond donors (Lipinski definition) is 2. The number of rotatable bonds is 7. The number of thiophene rings is 1. The summed E-state index contributed by atoms with van der Waals surface area (Å²) in [6, 6.07) is 10.3. The Morgan fingerprint density at radius 2 is 1.97 bits per heavy atom. The largest absolute Gasteiger partial charge is 0.493 e. The van der Waals surface area contributed by atoms with Gasteiger partial charge in [-0.1, -0.05) is 26.0 Å². The van der Waals surface area contributed by atoms with Crippen molar-refractivity contribution in [2.45, 2.75) is 39.8 Å². The first kappa shape index (κ1) is 25.5. The number of nitrogens with zero attached hydrogens (tertiary/aromatic N) is 2. The molecule has 1 aromatic carbocycles. The standard InChI is InChI=1S/C23H32N4O2S.HI/c1-16(2)15-29-20-7-5-18(6-8-20)17(3)26-23(24-4)25-13-22(28)27-11-9-21-19(14-27)10-12-30-21;/h5-8,10,12,16-17H,9,11,13-15H2,1-4H3,(H2,24,25,26);1H. The van der Waals surface area contributed by atoms with E-state index in [1.54, 1.807) is 18.4 Å². The second-order valence-electron chi connectivity index (χ2n) is 8.00. The molecule has 0 aliphatic carbocycles. The maximum atomic E-state index is 12.6. The van der Waals surface area contributed by atoms with Gasteiger partial charge in [0, 0.05) is 25.0 Å². The van der Waals surface area contributed by atoms with Gasteiger partial charge in [-0.2, -0.15) is 0 Å². The second-order valence-corrected chi connectivity index (χ2v) is 9.00. The molecule has 1 amide bonds. The molecule has 0 spiro atoms. The second kappa shape index (κ2) is 12.3. The molecule has 1 aromatic heterocycles. The zero-order valence-corrected chi connectivity index (χ0v) is 21.8. The summed E-state index contributed by atoms with van der Waals surface area (Å²) in [4.78, 5) is 20.2. The van der Waals surface area contributed by atoms with Crippen LogP contribution in [0.1, 0.15) is 42.8 Å². The molecule has 1 unspecified atom stereocenters. The average Bonchev–Trinajstić information content (AvgIpc) is 3.23. The van der Waals surface area contributed by atoms with Crippen molar-refractivity contribution in [2.24, 2.45) is 10.9 Å². The number of carbonyl (C=O) groups excluding carboxylic acids is 1. The van der Waals surface area contributed by atoms with Crippen LogP contribution in [0.15, 0.2) is 40.7 Å². The van der Waals surface area contributed by atoms with E-state index in [1.807, 2.05) is 17.0 Å². The lowest BCUT2D eigenvalue weighted by molar-refractivity contribution is -0.130. The summed E-state index contributed by atoms with van der Waals surface area (Å²) in [6.07, 6.45) is 0.944. The topological polar surface area (TPSA) is 66.0 Å². The van der Waals surface area contributed by atoms with Gasteiger partial charge in [0.2, 0.25) is 5.91 Å². The van der Waals surface area contributed by atoms with Crippen LogP contribution in [0.5, 0.6) is 5.75 Å². The van der Waals surface area contributed by atoms with Crippen molar-refractivity contribution in [1.29, 1.82) is 0 Å². The van der Waals surface area contributed by atoms with Crippen molar-refractivity contribution < 1.29 is 9.53 Å². The highest BCUT2D eigenvalue weighted by Gasteiger charge is 2.21. The Morgan fingerprint density at radius 3 is 2.65 bits per heavy atom. The zero-order valence-electron chi connectivity index (χ0n) is 18.7. The van der Waals surface area contributed by atoms with Crippen LogP contribution in [0.3, 0.4) is 0 Å². The average molecular weight is 557 g/mol. The van der Waals surface area contributed by atoms with Gasteiger partial charge in [-0.15, -0.1) is 35.3 Å². The quantitative estimate of drug-likeness (QED) is 0.305. The summed E-state index contributed by atoms with van der Waals surface area (Å²) < 4.78 is 5.75. The number of benzene rings is 1. The van der Waals surface area contributed by atoms with E-state index in [-0.39, 0.29) is 42.5 Å². The fraction of sp³-hybridized carbons (Fsp3) is 0.478. The number of amides is 1. The molecule has 170 valence electrons. The summed E-state index contributed by atoms with van der Waals surface area (Å²) in [5.41, 5.74) is 2.40. The highest BCUT2D eigenvalue weighted by atomic mass is 127. The lowest BCUT2D eigenvalue weighted by atomic mass is 10.1. The molecule has 0 radical (unpaired) electrons. The summed E-state index contributed by atoms with van der Waals surface area (Å²) in [5.74, 6) is 2.08. The fourth-order valence-electron chi connectivity index (χ4n) is 3.33. The minimum absolute atomic E-state index is 0. The van der Waals surface area contributed by atoms with E-state index in [0.29, 0.717) is 25.0 Å². The Bertz CT molecular complexity index is 867. The number of guanidine groups is 1. The number of aliphatic imine (C=N–C) groups is 1. The smallest absolute Gasteiger partial charge is 0.242 e. The van der Waals surface area contributed by atoms with Crippen molar-refractivity contribution >= 4 is 47.2 Å². The SMILES string of the molecule is CN=C(NCC(=O)N1CCc2sccc2C1)NC(C)c1ccc(OCC(C)C)cc1.I. The van der Waals surface area contributed by atoms with Gasteiger partial charge >= 0.3 is 0 Å². The van der Waals surface area contributed by atoms with E-state index in [0.717, 1.165) is 24.3 Å². The number of hydrogen-bond acceptors (Lipinski definition) is 4.